The average molecular weight is 449 g/mol. The molecule has 0 saturated carbocycles. The summed E-state index contributed by atoms with van der Waals surface area (Å²) in [6.07, 6.45) is 1.86. The minimum Gasteiger partial charge on any atom is -0.397 e. The molecule has 1 saturated heterocycles. The number of carbonyl (C=O) groups is 1. The second-order valence-electron chi connectivity index (χ2n) is 8.17. The molecule has 2 N–H and O–H groups in total. The number of nitrogens with two attached hydrogens (primary N) is 1. The van der Waals surface area contributed by atoms with Gasteiger partial charge in [0.1, 0.15) is 0 Å². The molecule has 2 aliphatic rings. The summed E-state index contributed by atoms with van der Waals surface area (Å²) in [4.78, 5) is 18.6. The van der Waals surface area contributed by atoms with Crippen molar-refractivity contribution in [3.8, 4) is 0 Å². The fraction of sp³-hybridized carbons (Fsp3) is 0.435. The van der Waals surface area contributed by atoms with Crippen molar-refractivity contribution in [3.63, 3.8) is 0 Å². The molecule has 1 unspecified atom stereocenters. The molecule has 1 amide bonds. The van der Waals surface area contributed by atoms with Crippen LogP contribution in [0.2, 0.25) is 5.02 Å². The van der Waals surface area contributed by atoms with Crippen molar-refractivity contribution in [2.75, 3.05) is 48.3 Å². The normalized spacial score (nSPS) is 17.4. The zero-order valence-electron chi connectivity index (χ0n) is 17.6. The van der Waals surface area contributed by atoms with Gasteiger partial charge >= 0.3 is 0 Å². The van der Waals surface area contributed by atoms with Gasteiger partial charge in [0, 0.05) is 56.4 Å². The first-order valence-corrected chi connectivity index (χ1v) is 10.7. The number of amides is 1. The molecular weight excluding hydrogens is 419 g/mol. The molecule has 7 heteroatoms. The third kappa shape index (κ3) is 4.69. The quantitative estimate of drug-likeness (QED) is 0.717. The number of anilines is 3. The summed E-state index contributed by atoms with van der Waals surface area (Å²) >= 11 is 6.14. The third-order valence-electron chi connectivity index (χ3n) is 6.17. The maximum absolute atomic E-state index is 11.8. The van der Waals surface area contributed by atoms with Gasteiger partial charge in [0.15, 0.2) is 0 Å². The van der Waals surface area contributed by atoms with Crippen molar-refractivity contribution in [2.24, 2.45) is 0 Å². The molecule has 5 nitrogen and oxygen atoms in total. The Morgan fingerprint density at radius 2 is 1.87 bits per heavy atom. The Balaban J connectivity index is 0.00000256. The number of nitrogens with zero attached hydrogens (tertiary/aromatic N) is 3. The van der Waals surface area contributed by atoms with Crippen LogP contribution in [-0.4, -0.2) is 49.6 Å². The third-order valence-corrected chi connectivity index (χ3v) is 6.41. The Hall–Kier alpha value is -1.95. The summed E-state index contributed by atoms with van der Waals surface area (Å²) in [6, 6.07) is 12.8. The minimum absolute atomic E-state index is 0. The molecule has 1 atom stereocenters. The molecule has 2 aliphatic heterocycles. The number of halogens is 2. The maximum Gasteiger partial charge on any atom is 0.223 e. The zero-order chi connectivity index (χ0) is 20.5. The van der Waals surface area contributed by atoms with Crippen molar-refractivity contribution < 1.29 is 4.79 Å². The predicted octanol–water partition coefficient (Wildman–Crippen LogP) is 4.01. The lowest BCUT2D eigenvalue weighted by Crippen LogP contribution is -2.50. The van der Waals surface area contributed by atoms with Gasteiger partial charge in [0.25, 0.3) is 0 Å². The van der Waals surface area contributed by atoms with E-state index in [4.69, 9.17) is 17.3 Å². The van der Waals surface area contributed by atoms with Crippen LogP contribution in [-0.2, 0) is 17.6 Å². The first-order valence-electron chi connectivity index (χ1n) is 10.4. The van der Waals surface area contributed by atoms with Gasteiger partial charge in [-0.1, -0.05) is 23.7 Å². The van der Waals surface area contributed by atoms with E-state index in [0.29, 0.717) is 6.04 Å². The summed E-state index contributed by atoms with van der Waals surface area (Å²) in [7, 11) is 0. The number of hydrogen-bond donors (Lipinski definition) is 1. The highest BCUT2D eigenvalue weighted by Gasteiger charge is 2.26. The van der Waals surface area contributed by atoms with Crippen LogP contribution < -0.4 is 15.5 Å². The van der Waals surface area contributed by atoms with E-state index in [0.717, 1.165) is 62.0 Å². The van der Waals surface area contributed by atoms with Crippen LogP contribution in [0.5, 0.6) is 0 Å². The van der Waals surface area contributed by atoms with Gasteiger partial charge in [0.2, 0.25) is 5.91 Å². The van der Waals surface area contributed by atoms with Gasteiger partial charge in [-0.25, -0.2) is 0 Å². The van der Waals surface area contributed by atoms with E-state index in [9.17, 15) is 4.79 Å². The molecular formula is C23H30Cl2N4O. The Morgan fingerprint density at radius 3 is 2.53 bits per heavy atom. The molecule has 30 heavy (non-hydrogen) atoms. The number of fused-ring (bicyclic) bond motifs is 1. The molecule has 0 aliphatic carbocycles. The lowest BCUT2D eigenvalue weighted by Gasteiger charge is -2.39. The van der Waals surface area contributed by atoms with Gasteiger partial charge in [0.05, 0.1) is 11.4 Å². The fourth-order valence-electron chi connectivity index (χ4n) is 4.65. The predicted molar refractivity (Wildman–Crippen MR) is 128 cm³/mol. The first kappa shape index (κ1) is 22.7. The van der Waals surface area contributed by atoms with Crippen molar-refractivity contribution in [1.82, 2.24) is 4.90 Å². The van der Waals surface area contributed by atoms with E-state index in [1.54, 1.807) is 11.8 Å². The summed E-state index contributed by atoms with van der Waals surface area (Å²) in [5, 5.41) is 0.788. The number of hydrogen-bond acceptors (Lipinski definition) is 4. The van der Waals surface area contributed by atoms with Gasteiger partial charge in [-0.3, -0.25) is 9.69 Å². The number of rotatable bonds is 4. The molecule has 162 valence electrons. The van der Waals surface area contributed by atoms with Crippen LogP contribution in [0, 0.1) is 0 Å². The lowest BCUT2D eigenvalue weighted by atomic mass is 10.00. The van der Waals surface area contributed by atoms with E-state index in [1.165, 1.54) is 16.8 Å². The SMILES string of the molecule is CC(=O)N1CCc2cc(CC(C)N3CCN(c4cccc(Cl)c4)CC3)cc(N)c21.Cl. The Kier molecular flexibility index (Phi) is 7.17. The van der Waals surface area contributed by atoms with E-state index >= 15 is 0 Å². The lowest BCUT2D eigenvalue weighted by molar-refractivity contribution is -0.116. The fourth-order valence-corrected chi connectivity index (χ4v) is 4.83. The molecule has 0 spiro atoms. The smallest absolute Gasteiger partial charge is 0.223 e. The van der Waals surface area contributed by atoms with Crippen molar-refractivity contribution >= 4 is 47.0 Å². The minimum atomic E-state index is 0. The van der Waals surface area contributed by atoms with Crippen molar-refractivity contribution in [2.45, 2.75) is 32.7 Å². The summed E-state index contributed by atoms with van der Waals surface area (Å²) in [6.45, 7) is 8.71. The van der Waals surface area contributed by atoms with Crippen molar-refractivity contribution in [1.29, 1.82) is 0 Å². The zero-order valence-corrected chi connectivity index (χ0v) is 19.2. The topological polar surface area (TPSA) is 52.8 Å². The van der Waals surface area contributed by atoms with Gasteiger partial charge in [-0.15, -0.1) is 12.4 Å². The van der Waals surface area contributed by atoms with E-state index in [1.807, 2.05) is 18.2 Å². The number of benzene rings is 2. The van der Waals surface area contributed by atoms with Crippen LogP contribution in [0.25, 0.3) is 0 Å². The van der Waals surface area contributed by atoms with E-state index in [2.05, 4.69) is 34.9 Å². The highest BCUT2D eigenvalue weighted by atomic mass is 35.5. The highest BCUT2D eigenvalue weighted by Crippen LogP contribution is 2.35. The Morgan fingerprint density at radius 1 is 1.13 bits per heavy atom. The summed E-state index contributed by atoms with van der Waals surface area (Å²) in [5.74, 6) is 0.0640. The molecule has 0 aromatic heterocycles. The number of piperazine rings is 1. The van der Waals surface area contributed by atoms with Crippen LogP contribution in [0.4, 0.5) is 17.1 Å². The van der Waals surface area contributed by atoms with Crippen LogP contribution in [0.3, 0.4) is 0 Å². The number of nitrogen functional groups attached to an aromatic ring is 1. The highest BCUT2D eigenvalue weighted by molar-refractivity contribution is 6.30. The van der Waals surface area contributed by atoms with Crippen LogP contribution >= 0.6 is 24.0 Å². The van der Waals surface area contributed by atoms with Crippen LogP contribution in [0.1, 0.15) is 25.0 Å². The molecule has 1 fully saturated rings. The monoisotopic (exact) mass is 448 g/mol. The van der Waals surface area contributed by atoms with Gasteiger partial charge in [-0.05, 0) is 55.2 Å². The summed E-state index contributed by atoms with van der Waals surface area (Å²) < 4.78 is 0. The first-order chi connectivity index (χ1) is 13.9. The molecule has 0 radical (unpaired) electrons. The summed E-state index contributed by atoms with van der Waals surface area (Å²) in [5.41, 5.74) is 11.6. The Bertz CT molecular complexity index is 912. The van der Waals surface area contributed by atoms with E-state index in [-0.39, 0.29) is 18.3 Å². The standard InChI is InChI=1S/C23H29ClN4O.ClH/c1-16(26-8-10-27(11-9-26)21-5-3-4-20(24)15-21)12-18-13-19-6-7-28(17(2)29)23(19)22(25)14-18;/h3-5,13-16H,6-12,25H2,1-2H3;1H. The second-order valence-corrected chi connectivity index (χ2v) is 8.61. The maximum atomic E-state index is 11.8. The van der Waals surface area contributed by atoms with E-state index < -0.39 is 0 Å². The largest absolute Gasteiger partial charge is 0.397 e. The Labute approximate surface area is 190 Å². The molecule has 2 aromatic rings. The van der Waals surface area contributed by atoms with Gasteiger partial charge in [-0.2, -0.15) is 0 Å². The van der Waals surface area contributed by atoms with Crippen molar-refractivity contribution in [3.05, 3.63) is 52.5 Å². The second kappa shape index (κ2) is 9.46. The van der Waals surface area contributed by atoms with Crippen LogP contribution in [0.15, 0.2) is 36.4 Å². The number of carbonyl (C=O) groups excluding carboxylic acids is 1. The molecule has 0 bridgehead atoms. The molecule has 4 rings (SSSR count). The molecule has 2 heterocycles. The average Bonchev–Trinajstić information content (AvgIpc) is 3.13. The molecule has 2 aromatic carbocycles. The van der Waals surface area contributed by atoms with Gasteiger partial charge < -0.3 is 15.5 Å².